The molecule has 0 saturated carbocycles. The summed E-state index contributed by atoms with van der Waals surface area (Å²) >= 11 is 0. The van der Waals surface area contributed by atoms with Crippen LogP contribution in [-0.2, 0) is 11.2 Å². The van der Waals surface area contributed by atoms with Crippen LogP contribution in [0.4, 0.5) is 0 Å². The first-order valence-electron chi connectivity index (χ1n) is 5.41. The molecule has 0 radical (unpaired) electrons. The van der Waals surface area contributed by atoms with Gasteiger partial charge in [-0.3, -0.25) is 0 Å². The van der Waals surface area contributed by atoms with Gasteiger partial charge >= 0.3 is 5.97 Å². The lowest BCUT2D eigenvalue weighted by atomic mass is 9.96. The predicted molar refractivity (Wildman–Crippen MR) is 65.3 cm³/mol. The number of aryl methyl sites for hydroxylation is 1. The second-order valence-corrected chi connectivity index (χ2v) is 3.82. The molecule has 1 N–H and O–H groups in total. The van der Waals surface area contributed by atoms with Gasteiger partial charge in [0.2, 0.25) is 0 Å². The third kappa shape index (κ3) is 2.18. The van der Waals surface area contributed by atoms with Gasteiger partial charge in [-0.2, -0.15) is 0 Å². The highest BCUT2D eigenvalue weighted by atomic mass is 16.4. The quantitative estimate of drug-likeness (QED) is 0.818. The van der Waals surface area contributed by atoms with E-state index in [0.717, 1.165) is 22.6 Å². The maximum absolute atomic E-state index is 11.1. The molecular weight excluding hydrogens is 216 g/mol. The van der Waals surface area contributed by atoms with Crippen molar-refractivity contribution >= 4 is 23.0 Å². The second kappa shape index (κ2) is 4.78. The molecule has 0 atom stereocenters. The standard InChI is InChI=1S/C14H12O3/c15-9-3-6-12-11-5-2-1-4-10(11)7-8-13(12)14(16)17/h1-2,4-5,7-9H,3,6H2,(H,16,17). The molecule has 86 valence electrons. The number of aromatic carboxylic acids is 1. The van der Waals surface area contributed by atoms with Crippen LogP contribution in [0.2, 0.25) is 0 Å². The lowest BCUT2D eigenvalue weighted by Crippen LogP contribution is -2.03. The van der Waals surface area contributed by atoms with Crippen LogP contribution in [0.15, 0.2) is 36.4 Å². The number of carbonyl (C=O) groups excluding carboxylic acids is 1. The van der Waals surface area contributed by atoms with Crippen molar-refractivity contribution in [2.75, 3.05) is 0 Å². The third-order valence-electron chi connectivity index (χ3n) is 2.78. The summed E-state index contributed by atoms with van der Waals surface area (Å²) in [6.07, 6.45) is 1.62. The van der Waals surface area contributed by atoms with Crippen molar-refractivity contribution < 1.29 is 14.7 Å². The van der Waals surface area contributed by atoms with Crippen LogP contribution < -0.4 is 0 Å². The van der Waals surface area contributed by atoms with Gasteiger partial charge in [-0.15, -0.1) is 0 Å². The number of benzene rings is 2. The molecule has 17 heavy (non-hydrogen) atoms. The molecule has 0 aromatic heterocycles. The molecule has 0 fully saturated rings. The van der Waals surface area contributed by atoms with Crippen LogP contribution in [0.3, 0.4) is 0 Å². The van der Waals surface area contributed by atoms with E-state index in [1.54, 1.807) is 12.1 Å². The van der Waals surface area contributed by atoms with E-state index in [-0.39, 0.29) is 5.56 Å². The van der Waals surface area contributed by atoms with Crippen LogP contribution in [0.1, 0.15) is 22.3 Å². The summed E-state index contributed by atoms with van der Waals surface area (Å²) in [7, 11) is 0. The van der Waals surface area contributed by atoms with Gasteiger partial charge in [0.25, 0.3) is 0 Å². The summed E-state index contributed by atoms with van der Waals surface area (Å²) in [6, 6.07) is 11.0. The van der Waals surface area contributed by atoms with E-state index in [4.69, 9.17) is 5.11 Å². The first kappa shape index (κ1) is 11.3. The minimum atomic E-state index is -0.948. The zero-order chi connectivity index (χ0) is 12.3. The highest BCUT2D eigenvalue weighted by molar-refractivity contribution is 5.98. The molecule has 0 bridgehead atoms. The summed E-state index contributed by atoms with van der Waals surface area (Å²) < 4.78 is 0. The van der Waals surface area contributed by atoms with Gasteiger partial charge in [-0.1, -0.05) is 30.3 Å². The van der Waals surface area contributed by atoms with E-state index >= 15 is 0 Å². The molecule has 0 aliphatic carbocycles. The number of carboxylic acid groups (broad SMARTS) is 1. The fraction of sp³-hybridized carbons (Fsp3) is 0.143. The van der Waals surface area contributed by atoms with Crippen molar-refractivity contribution in [1.82, 2.24) is 0 Å². The SMILES string of the molecule is O=CCCc1c(C(=O)O)ccc2ccccc12. The van der Waals surface area contributed by atoms with E-state index in [1.165, 1.54) is 0 Å². The molecule has 3 heteroatoms. The molecule has 0 unspecified atom stereocenters. The molecule has 0 spiro atoms. The maximum Gasteiger partial charge on any atom is 0.335 e. The molecule has 0 amide bonds. The number of carbonyl (C=O) groups is 2. The summed E-state index contributed by atoms with van der Waals surface area (Å²) in [4.78, 5) is 21.6. The van der Waals surface area contributed by atoms with Crippen LogP contribution in [0, 0.1) is 0 Å². The van der Waals surface area contributed by atoms with Crippen molar-refractivity contribution in [3.63, 3.8) is 0 Å². The van der Waals surface area contributed by atoms with Crippen molar-refractivity contribution in [3.8, 4) is 0 Å². The van der Waals surface area contributed by atoms with Gasteiger partial charge in [-0.05, 0) is 28.8 Å². The lowest BCUT2D eigenvalue weighted by Gasteiger charge is -2.08. The first-order chi connectivity index (χ1) is 8.24. The number of aldehydes is 1. The van der Waals surface area contributed by atoms with E-state index in [1.807, 2.05) is 24.3 Å². The number of rotatable bonds is 4. The fourth-order valence-corrected chi connectivity index (χ4v) is 2.01. The van der Waals surface area contributed by atoms with Gasteiger partial charge in [0, 0.05) is 6.42 Å². The van der Waals surface area contributed by atoms with Crippen molar-refractivity contribution in [2.45, 2.75) is 12.8 Å². The molecule has 0 saturated heterocycles. The Kier molecular flexibility index (Phi) is 3.19. The lowest BCUT2D eigenvalue weighted by molar-refractivity contribution is -0.107. The topological polar surface area (TPSA) is 54.4 Å². The molecule has 2 rings (SSSR count). The van der Waals surface area contributed by atoms with Gasteiger partial charge in [-0.25, -0.2) is 4.79 Å². The molecule has 0 aliphatic rings. The summed E-state index contributed by atoms with van der Waals surface area (Å²) in [5.41, 5.74) is 1.02. The average molecular weight is 228 g/mol. The largest absolute Gasteiger partial charge is 0.478 e. The molecule has 0 aliphatic heterocycles. The van der Waals surface area contributed by atoms with E-state index in [9.17, 15) is 9.59 Å². The summed E-state index contributed by atoms with van der Waals surface area (Å²) in [5, 5.41) is 11.0. The Hall–Kier alpha value is -2.16. The normalized spacial score (nSPS) is 10.4. The molecule has 0 heterocycles. The maximum atomic E-state index is 11.1. The Morgan fingerprint density at radius 3 is 2.65 bits per heavy atom. The number of carboxylic acids is 1. The van der Waals surface area contributed by atoms with Gasteiger partial charge in [0.1, 0.15) is 6.29 Å². The third-order valence-corrected chi connectivity index (χ3v) is 2.78. The van der Waals surface area contributed by atoms with Gasteiger partial charge in [0.05, 0.1) is 5.56 Å². The van der Waals surface area contributed by atoms with Crippen LogP contribution in [0.5, 0.6) is 0 Å². The van der Waals surface area contributed by atoms with Crippen LogP contribution >= 0.6 is 0 Å². The van der Waals surface area contributed by atoms with Crippen molar-refractivity contribution in [3.05, 3.63) is 47.5 Å². The number of hydrogen-bond donors (Lipinski definition) is 1. The van der Waals surface area contributed by atoms with E-state index < -0.39 is 5.97 Å². The van der Waals surface area contributed by atoms with Gasteiger partial charge < -0.3 is 9.90 Å². The highest BCUT2D eigenvalue weighted by Gasteiger charge is 2.12. The Bertz CT molecular complexity index is 573. The van der Waals surface area contributed by atoms with Crippen LogP contribution in [0.25, 0.3) is 10.8 Å². The molecule has 2 aromatic rings. The van der Waals surface area contributed by atoms with E-state index in [2.05, 4.69) is 0 Å². The van der Waals surface area contributed by atoms with Crippen molar-refractivity contribution in [1.29, 1.82) is 0 Å². The number of fused-ring (bicyclic) bond motifs is 1. The molecule has 3 nitrogen and oxygen atoms in total. The van der Waals surface area contributed by atoms with E-state index in [0.29, 0.717) is 12.8 Å². The predicted octanol–water partition coefficient (Wildman–Crippen LogP) is 2.67. The van der Waals surface area contributed by atoms with Crippen molar-refractivity contribution in [2.24, 2.45) is 0 Å². The minimum Gasteiger partial charge on any atom is -0.478 e. The molecule has 2 aromatic carbocycles. The Balaban J connectivity index is 2.65. The molecular formula is C14H12O3. The Morgan fingerprint density at radius 2 is 1.94 bits per heavy atom. The highest BCUT2D eigenvalue weighted by Crippen LogP contribution is 2.23. The average Bonchev–Trinajstić information content (AvgIpc) is 2.35. The summed E-state index contributed by atoms with van der Waals surface area (Å²) in [6.45, 7) is 0. The number of hydrogen-bond acceptors (Lipinski definition) is 2. The van der Waals surface area contributed by atoms with Gasteiger partial charge in [0.15, 0.2) is 0 Å². The minimum absolute atomic E-state index is 0.283. The Morgan fingerprint density at radius 1 is 1.18 bits per heavy atom. The second-order valence-electron chi connectivity index (χ2n) is 3.82. The monoisotopic (exact) mass is 228 g/mol. The zero-order valence-corrected chi connectivity index (χ0v) is 9.22. The van der Waals surface area contributed by atoms with Crippen LogP contribution in [-0.4, -0.2) is 17.4 Å². The summed E-state index contributed by atoms with van der Waals surface area (Å²) in [5.74, 6) is -0.948. The smallest absolute Gasteiger partial charge is 0.335 e. The fourth-order valence-electron chi connectivity index (χ4n) is 2.01. The zero-order valence-electron chi connectivity index (χ0n) is 9.22. The first-order valence-corrected chi connectivity index (χ1v) is 5.41. The Labute approximate surface area is 98.7 Å².